The Hall–Kier alpha value is -2.19. The van der Waals surface area contributed by atoms with Crippen molar-refractivity contribution in [2.24, 2.45) is 0 Å². The minimum Gasteiger partial charge on any atom is -0.295 e. The molecule has 1 aromatic carbocycles. The minimum absolute atomic E-state index is 0.0533. The zero-order valence-electron chi connectivity index (χ0n) is 9.10. The molecule has 0 fully saturated rings. The average molecular weight is 264 g/mol. The number of hydrogen-bond acceptors (Lipinski definition) is 3. The fraction of sp³-hybridized carbons (Fsp3) is 0.0833. The molecule has 0 amide bonds. The van der Waals surface area contributed by atoms with Gasteiger partial charge in [0.25, 0.3) is 5.56 Å². The van der Waals surface area contributed by atoms with Crippen LogP contribution in [0.25, 0.3) is 0 Å². The molecular formula is C12H7ClFN3O. The molecule has 1 aromatic heterocycles. The number of hydrogen-bond donors (Lipinski definition) is 0. The van der Waals surface area contributed by atoms with E-state index >= 15 is 0 Å². The van der Waals surface area contributed by atoms with E-state index in [0.717, 1.165) is 0 Å². The SMILES string of the molecule is N#Cc1cc(Cn2cnc(Cl)cc2=O)ccc1F. The lowest BCUT2D eigenvalue weighted by Gasteiger charge is -2.05. The van der Waals surface area contributed by atoms with Crippen molar-refractivity contribution in [3.63, 3.8) is 0 Å². The minimum atomic E-state index is -0.581. The maximum atomic E-state index is 13.1. The Morgan fingerprint density at radius 3 is 2.89 bits per heavy atom. The lowest BCUT2D eigenvalue weighted by Crippen LogP contribution is -2.19. The lowest BCUT2D eigenvalue weighted by atomic mass is 10.1. The van der Waals surface area contributed by atoms with E-state index in [0.29, 0.717) is 5.56 Å². The van der Waals surface area contributed by atoms with Crippen molar-refractivity contribution in [2.75, 3.05) is 0 Å². The van der Waals surface area contributed by atoms with Crippen LogP contribution >= 0.6 is 11.6 Å². The van der Waals surface area contributed by atoms with Crippen molar-refractivity contribution < 1.29 is 4.39 Å². The number of aromatic nitrogens is 2. The van der Waals surface area contributed by atoms with Gasteiger partial charge in [0.05, 0.1) is 18.4 Å². The van der Waals surface area contributed by atoms with Gasteiger partial charge in [0.2, 0.25) is 0 Å². The molecule has 0 aliphatic carbocycles. The van der Waals surface area contributed by atoms with E-state index in [9.17, 15) is 9.18 Å². The molecule has 0 saturated carbocycles. The summed E-state index contributed by atoms with van der Waals surface area (Å²) in [6, 6.07) is 7.04. The molecule has 6 heteroatoms. The number of halogens is 2. The largest absolute Gasteiger partial charge is 0.295 e. The third-order valence-corrected chi connectivity index (χ3v) is 2.56. The molecule has 0 atom stereocenters. The fourth-order valence-electron chi connectivity index (χ4n) is 1.48. The third-order valence-electron chi connectivity index (χ3n) is 2.35. The lowest BCUT2D eigenvalue weighted by molar-refractivity contribution is 0.621. The van der Waals surface area contributed by atoms with Gasteiger partial charge in [-0.1, -0.05) is 17.7 Å². The number of nitrogens with zero attached hydrogens (tertiary/aromatic N) is 3. The zero-order chi connectivity index (χ0) is 13.1. The van der Waals surface area contributed by atoms with Gasteiger partial charge in [-0.15, -0.1) is 0 Å². The summed E-state index contributed by atoms with van der Waals surface area (Å²) in [5.41, 5.74) is 0.277. The maximum Gasteiger partial charge on any atom is 0.255 e. The topological polar surface area (TPSA) is 58.7 Å². The normalized spacial score (nSPS) is 10.1. The molecule has 0 spiro atoms. The fourth-order valence-corrected chi connectivity index (χ4v) is 1.61. The van der Waals surface area contributed by atoms with Crippen LogP contribution in [0.3, 0.4) is 0 Å². The zero-order valence-corrected chi connectivity index (χ0v) is 9.86. The first-order valence-electron chi connectivity index (χ1n) is 5.00. The van der Waals surface area contributed by atoms with E-state index < -0.39 is 5.82 Å². The second kappa shape index (κ2) is 4.98. The summed E-state index contributed by atoms with van der Waals surface area (Å²) >= 11 is 5.57. The van der Waals surface area contributed by atoms with Gasteiger partial charge in [-0.25, -0.2) is 9.37 Å². The first-order valence-corrected chi connectivity index (χ1v) is 5.38. The van der Waals surface area contributed by atoms with Crippen molar-refractivity contribution >= 4 is 11.6 Å². The predicted octanol–water partition coefficient (Wildman–Crippen LogP) is 1.96. The molecular weight excluding hydrogens is 257 g/mol. The molecule has 0 radical (unpaired) electrons. The van der Waals surface area contributed by atoms with E-state index in [1.807, 2.05) is 0 Å². The summed E-state index contributed by atoms with van der Waals surface area (Å²) in [6.45, 7) is 0.206. The van der Waals surface area contributed by atoms with Crippen LogP contribution in [0.4, 0.5) is 4.39 Å². The number of benzene rings is 1. The van der Waals surface area contributed by atoms with Crippen LogP contribution in [0, 0.1) is 17.1 Å². The quantitative estimate of drug-likeness (QED) is 0.778. The van der Waals surface area contributed by atoms with Crippen LogP contribution in [0.1, 0.15) is 11.1 Å². The van der Waals surface area contributed by atoms with Gasteiger partial charge in [0.1, 0.15) is 17.0 Å². The second-order valence-electron chi connectivity index (χ2n) is 3.60. The highest BCUT2D eigenvalue weighted by Crippen LogP contribution is 2.10. The van der Waals surface area contributed by atoms with Gasteiger partial charge in [-0.05, 0) is 17.7 Å². The summed E-state index contributed by atoms with van der Waals surface area (Å²) in [4.78, 5) is 15.4. The van der Waals surface area contributed by atoms with E-state index in [4.69, 9.17) is 16.9 Å². The third kappa shape index (κ3) is 2.55. The Kier molecular flexibility index (Phi) is 3.40. The molecule has 2 aromatic rings. The predicted molar refractivity (Wildman–Crippen MR) is 63.7 cm³/mol. The van der Waals surface area contributed by atoms with Gasteiger partial charge in [-0.2, -0.15) is 5.26 Å². The van der Waals surface area contributed by atoms with Crippen LogP contribution in [-0.4, -0.2) is 9.55 Å². The smallest absolute Gasteiger partial charge is 0.255 e. The molecule has 2 rings (SSSR count). The Balaban J connectivity index is 2.35. The van der Waals surface area contributed by atoms with Crippen molar-refractivity contribution in [3.05, 3.63) is 63.0 Å². The van der Waals surface area contributed by atoms with Gasteiger partial charge in [0.15, 0.2) is 0 Å². The standard InChI is InChI=1S/C12H7ClFN3O/c13-11-4-12(18)17(7-16-11)6-8-1-2-10(14)9(3-8)5-15/h1-4,7H,6H2. The van der Waals surface area contributed by atoms with Crippen LogP contribution in [0.2, 0.25) is 5.15 Å². The first kappa shape index (κ1) is 12.3. The van der Waals surface area contributed by atoms with Crippen molar-refractivity contribution in [1.82, 2.24) is 9.55 Å². The Bertz CT molecular complexity index is 690. The van der Waals surface area contributed by atoms with Gasteiger partial charge < -0.3 is 0 Å². The van der Waals surface area contributed by atoms with E-state index in [1.165, 1.54) is 35.2 Å². The van der Waals surface area contributed by atoms with Crippen LogP contribution < -0.4 is 5.56 Å². The van der Waals surface area contributed by atoms with E-state index in [-0.39, 0.29) is 22.8 Å². The van der Waals surface area contributed by atoms with E-state index in [1.54, 1.807) is 6.07 Å². The summed E-state index contributed by atoms with van der Waals surface area (Å²) in [7, 11) is 0. The van der Waals surface area contributed by atoms with Gasteiger partial charge in [-0.3, -0.25) is 9.36 Å². The van der Waals surface area contributed by atoms with Gasteiger partial charge in [0, 0.05) is 6.07 Å². The summed E-state index contributed by atoms with van der Waals surface area (Å²) in [5, 5.41) is 8.83. The second-order valence-corrected chi connectivity index (χ2v) is 3.99. The molecule has 0 unspecified atom stereocenters. The number of nitriles is 1. The first-order chi connectivity index (χ1) is 8.60. The van der Waals surface area contributed by atoms with Crippen LogP contribution in [-0.2, 0) is 6.54 Å². The van der Waals surface area contributed by atoms with E-state index in [2.05, 4.69) is 4.98 Å². The highest BCUT2D eigenvalue weighted by molar-refractivity contribution is 6.29. The highest BCUT2D eigenvalue weighted by Gasteiger charge is 2.04. The number of rotatable bonds is 2. The monoisotopic (exact) mass is 263 g/mol. The molecule has 0 saturated heterocycles. The van der Waals surface area contributed by atoms with Crippen molar-refractivity contribution in [2.45, 2.75) is 6.54 Å². The maximum absolute atomic E-state index is 13.1. The summed E-state index contributed by atoms with van der Waals surface area (Å²) in [6.07, 6.45) is 1.31. The van der Waals surface area contributed by atoms with Crippen molar-refractivity contribution in [3.8, 4) is 6.07 Å². The molecule has 4 nitrogen and oxygen atoms in total. The molecule has 0 aliphatic heterocycles. The molecule has 90 valence electrons. The Labute approximate surface area is 107 Å². The molecule has 1 heterocycles. The summed E-state index contributed by atoms with van der Waals surface area (Å²) < 4.78 is 14.4. The van der Waals surface area contributed by atoms with Gasteiger partial charge >= 0.3 is 0 Å². The highest BCUT2D eigenvalue weighted by atomic mass is 35.5. The summed E-state index contributed by atoms with van der Waals surface area (Å²) in [5.74, 6) is -0.581. The van der Waals surface area contributed by atoms with Crippen LogP contribution in [0.5, 0.6) is 0 Å². The molecule has 18 heavy (non-hydrogen) atoms. The average Bonchev–Trinajstić information content (AvgIpc) is 2.35. The van der Waals surface area contributed by atoms with Crippen molar-refractivity contribution in [1.29, 1.82) is 5.26 Å². The Morgan fingerprint density at radius 2 is 2.22 bits per heavy atom. The van der Waals surface area contributed by atoms with Crippen LogP contribution in [0.15, 0.2) is 35.4 Å². The Morgan fingerprint density at radius 1 is 1.44 bits per heavy atom. The molecule has 0 bridgehead atoms. The molecule has 0 N–H and O–H groups in total. The molecule has 0 aliphatic rings.